The van der Waals surface area contributed by atoms with Crippen molar-refractivity contribution in [2.75, 3.05) is 14.1 Å². The zero-order chi connectivity index (χ0) is 20.5. The van der Waals surface area contributed by atoms with Gasteiger partial charge in [0.1, 0.15) is 0 Å². The highest BCUT2D eigenvalue weighted by Gasteiger charge is 2.20. The number of halogens is 1. The molecule has 0 fully saturated rings. The van der Waals surface area contributed by atoms with E-state index in [-0.39, 0.29) is 15.5 Å². The molecule has 1 N–H and O–H groups in total. The Labute approximate surface area is 161 Å². The molecule has 10 heteroatoms. The highest BCUT2D eigenvalue weighted by molar-refractivity contribution is 7.89. The Balaban J connectivity index is 2.59. The third-order valence-corrected chi connectivity index (χ3v) is 6.03. The summed E-state index contributed by atoms with van der Waals surface area (Å²) in [6, 6.07) is 5.32. The number of phenolic OH excluding ortho intramolecular Hbond substituents is 1. The molecule has 0 atom stereocenters. The maximum absolute atomic E-state index is 12.4. The molecular formula is C17H18ClN3O5S. The van der Waals surface area contributed by atoms with Crippen LogP contribution in [-0.4, -0.2) is 43.1 Å². The second-order valence-electron chi connectivity index (χ2n) is 6.05. The second-order valence-corrected chi connectivity index (χ2v) is 8.64. The van der Waals surface area contributed by atoms with Crippen molar-refractivity contribution in [2.24, 2.45) is 4.99 Å². The van der Waals surface area contributed by atoms with Crippen LogP contribution in [0.1, 0.15) is 16.7 Å². The molecule has 2 rings (SSSR count). The summed E-state index contributed by atoms with van der Waals surface area (Å²) in [6.45, 7) is 3.53. The highest BCUT2D eigenvalue weighted by Crippen LogP contribution is 2.33. The van der Waals surface area contributed by atoms with Crippen molar-refractivity contribution in [2.45, 2.75) is 18.7 Å². The summed E-state index contributed by atoms with van der Waals surface area (Å²) < 4.78 is 25.9. The van der Waals surface area contributed by atoms with Crippen molar-refractivity contribution in [3.63, 3.8) is 0 Å². The van der Waals surface area contributed by atoms with Gasteiger partial charge in [0.2, 0.25) is 15.8 Å². The maximum atomic E-state index is 12.4. The fourth-order valence-corrected chi connectivity index (χ4v) is 3.51. The summed E-state index contributed by atoms with van der Waals surface area (Å²) in [5, 5.41) is 21.1. The molecule has 27 heavy (non-hydrogen) atoms. The lowest BCUT2D eigenvalue weighted by atomic mass is 10.1. The number of phenols is 1. The number of sulfonamides is 1. The Morgan fingerprint density at radius 3 is 2.41 bits per heavy atom. The first-order valence-corrected chi connectivity index (χ1v) is 9.51. The molecule has 2 aromatic carbocycles. The number of benzene rings is 2. The summed E-state index contributed by atoms with van der Waals surface area (Å²) in [6.07, 6.45) is 1.21. The largest absolute Gasteiger partial charge is 0.502 e. The Morgan fingerprint density at radius 2 is 1.85 bits per heavy atom. The molecule has 0 aliphatic heterocycles. The van der Waals surface area contributed by atoms with E-state index >= 15 is 0 Å². The minimum Gasteiger partial charge on any atom is -0.502 e. The topological polar surface area (TPSA) is 113 Å². The molecule has 0 aliphatic rings. The standard InChI is InChI=1S/C17H18ClN3O5S/c1-10-5-14(27(25,26)20(3)4)8-15(11(10)2)19-9-12-6-13(18)7-16(17(12)22)21(23)24/h5-9,22H,1-4H3. The van der Waals surface area contributed by atoms with Crippen molar-refractivity contribution in [3.8, 4) is 5.75 Å². The smallest absolute Gasteiger partial charge is 0.312 e. The normalized spacial score (nSPS) is 12.1. The lowest BCUT2D eigenvalue weighted by Gasteiger charge is -2.14. The molecule has 0 saturated heterocycles. The van der Waals surface area contributed by atoms with Crippen LogP contribution in [0, 0.1) is 24.0 Å². The zero-order valence-corrected chi connectivity index (χ0v) is 16.7. The first kappa shape index (κ1) is 20.8. The maximum Gasteiger partial charge on any atom is 0.312 e. The van der Waals surface area contributed by atoms with E-state index in [9.17, 15) is 23.6 Å². The van der Waals surface area contributed by atoms with Crippen LogP contribution in [0.5, 0.6) is 5.75 Å². The van der Waals surface area contributed by atoms with Gasteiger partial charge in [-0.2, -0.15) is 0 Å². The van der Waals surface area contributed by atoms with Crippen LogP contribution in [0.2, 0.25) is 5.02 Å². The van der Waals surface area contributed by atoms with E-state index in [2.05, 4.69) is 4.99 Å². The highest BCUT2D eigenvalue weighted by atomic mass is 35.5. The van der Waals surface area contributed by atoms with Crippen LogP contribution in [0.15, 0.2) is 34.2 Å². The first-order valence-electron chi connectivity index (χ1n) is 7.70. The molecule has 0 bridgehead atoms. The van der Waals surface area contributed by atoms with E-state index in [1.54, 1.807) is 19.9 Å². The summed E-state index contributed by atoms with van der Waals surface area (Å²) in [4.78, 5) is 14.5. The summed E-state index contributed by atoms with van der Waals surface area (Å²) in [5.41, 5.74) is 1.32. The van der Waals surface area contributed by atoms with Crippen molar-refractivity contribution in [3.05, 3.63) is 56.1 Å². The summed E-state index contributed by atoms with van der Waals surface area (Å²) >= 11 is 5.86. The van der Waals surface area contributed by atoms with Crippen LogP contribution in [0.4, 0.5) is 11.4 Å². The molecule has 2 aromatic rings. The van der Waals surface area contributed by atoms with Gasteiger partial charge in [0.25, 0.3) is 0 Å². The number of nitrogens with zero attached hydrogens (tertiary/aromatic N) is 3. The molecule has 0 heterocycles. The van der Waals surface area contributed by atoms with Crippen molar-refractivity contribution in [1.29, 1.82) is 0 Å². The SMILES string of the molecule is Cc1cc(S(=O)(=O)N(C)C)cc(N=Cc2cc(Cl)cc([N+](=O)[O-])c2O)c1C. The molecule has 0 saturated carbocycles. The van der Waals surface area contributed by atoms with Crippen LogP contribution >= 0.6 is 11.6 Å². The van der Waals surface area contributed by atoms with Gasteiger partial charge in [-0.25, -0.2) is 12.7 Å². The lowest BCUT2D eigenvalue weighted by molar-refractivity contribution is -0.385. The Morgan fingerprint density at radius 1 is 1.22 bits per heavy atom. The molecule has 0 unspecified atom stereocenters. The zero-order valence-electron chi connectivity index (χ0n) is 15.1. The van der Waals surface area contributed by atoms with Gasteiger partial charge in [0.15, 0.2) is 0 Å². The van der Waals surface area contributed by atoms with Crippen LogP contribution < -0.4 is 0 Å². The Kier molecular flexibility index (Phi) is 5.88. The van der Waals surface area contributed by atoms with Gasteiger partial charge in [-0.3, -0.25) is 15.1 Å². The van der Waals surface area contributed by atoms with Gasteiger partial charge >= 0.3 is 5.69 Å². The van der Waals surface area contributed by atoms with Gasteiger partial charge in [0, 0.05) is 37.0 Å². The van der Waals surface area contributed by atoms with Crippen molar-refractivity contribution >= 4 is 39.2 Å². The molecule has 0 amide bonds. The van der Waals surface area contributed by atoms with Crippen LogP contribution in [0.25, 0.3) is 0 Å². The average molecular weight is 412 g/mol. The summed E-state index contributed by atoms with van der Waals surface area (Å²) in [5.74, 6) is -0.570. The first-order chi connectivity index (χ1) is 12.4. The second kappa shape index (κ2) is 7.63. The minimum atomic E-state index is -3.65. The predicted molar refractivity (Wildman–Crippen MR) is 104 cm³/mol. The number of nitro benzene ring substituents is 1. The number of rotatable bonds is 5. The number of aryl methyl sites for hydroxylation is 1. The van der Waals surface area contributed by atoms with Crippen LogP contribution in [-0.2, 0) is 10.0 Å². The van der Waals surface area contributed by atoms with Crippen molar-refractivity contribution in [1.82, 2.24) is 4.31 Å². The minimum absolute atomic E-state index is 0.0483. The van der Waals surface area contributed by atoms with Gasteiger partial charge < -0.3 is 5.11 Å². The van der Waals surface area contributed by atoms with E-state index in [1.807, 2.05) is 0 Å². The predicted octanol–water partition coefficient (Wildman–Crippen LogP) is 3.57. The van der Waals surface area contributed by atoms with Gasteiger partial charge in [0.05, 0.1) is 15.5 Å². The van der Waals surface area contributed by atoms with E-state index in [0.29, 0.717) is 11.3 Å². The lowest BCUT2D eigenvalue weighted by Crippen LogP contribution is -2.22. The van der Waals surface area contributed by atoms with Gasteiger partial charge in [-0.1, -0.05) is 11.6 Å². The Hall–Kier alpha value is -2.49. The summed E-state index contributed by atoms with van der Waals surface area (Å²) in [7, 11) is -0.800. The number of nitro groups is 1. The van der Waals surface area contributed by atoms with E-state index in [0.717, 1.165) is 15.9 Å². The van der Waals surface area contributed by atoms with Crippen LogP contribution in [0.3, 0.4) is 0 Å². The number of aromatic hydroxyl groups is 1. The van der Waals surface area contributed by atoms with E-state index in [1.165, 1.54) is 32.4 Å². The molecule has 144 valence electrons. The van der Waals surface area contributed by atoms with Gasteiger partial charge in [-0.05, 0) is 43.2 Å². The molecule has 0 aliphatic carbocycles. The monoisotopic (exact) mass is 411 g/mol. The Bertz CT molecular complexity index is 1050. The molecule has 8 nitrogen and oxygen atoms in total. The fourth-order valence-electron chi connectivity index (χ4n) is 2.28. The van der Waals surface area contributed by atoms with E-state index in [4.69, 9.17) is 11.6 Å². The quantitative estimate of drug-likeness (QED) is 0.459. The molecule has 0 aromatic heterocycles. The van der Waals surface area contributed by atoms with Crippen molar-refractivity contribution < 1.29 is 18.4 Å². The average Bonchev–Trinajstić information content (AvgIpc) is 2.57. The fraction of sp³-hybridized carbons (Fsp3) is 0.235. The molecular weight excluding hydrogens is 394 g/mol. The molecule has 0 radical (unpaired) electrons. The number of hydrogen-bond acceptors (Lipinski definition) is 6. The molecule has 0 spiro atoms. The third-order valence-electron chi connectivity index (χ3n) is 4.02. The third kappa shape index (κ3) is 4.26. The number of aliphatic imine (C=N–C) groups is 1. The van der Waals surface area contributed by atoms with E-state index < -0.39 is 26.4 Å². The number of hydrogen-bond donors (Lipinski definition) is 1. The van der Waals surface area contributed by atoms with Gasteiger partial charge in [-0.15, -0.1) is 0 Å².